The number of benzene rings is 3. The fraction of sp³-hybridized carbons (Fsp3) is 0.250. The maximum atomic E-state index is 10.3. The molecule has 3 rings (SSSR count). The lowest BCUT2D eigenvalue weighted by Crippen LogP contribution is -2.16. The minimum absolute atomic E-state index is 0.460. The molecule has 0 amide bonds. The number of hydrogen-bond acceptors (Lipinski definition) is 6. The van der Waals surface area contributed by atoms with Crippen LogP contribution >= 0.6 is 0 Å². The van der Waals surface area contributed by atoms with Crippen molar-refractivity contribution in [1.29, 1.82) is 0 Å². The summed E-state index contributed by atoms with van der Waals surface area (Å²) in [4.78, 5) is 0. The predicted molar refractivity (Wildman–Crippen MR) is 125 cm³/mol. The Kier molecular flexibility index (Phi) is 9.22. The summed E-state index contributed by atoms with van der Waals surface area (Å²) in [7, 11) is -1.86. The van der Waals surface area contributed by atoms with Gasteiger partial charge in [-0.1, -0.05) is 41.5 Å². The van der Waals surface area contributed by atoms with Gasteiger partial charge in [0.2, 0.25) is 0 Å². The number of aryl methyl sites for hydroxylation is 2. The van der Waals surface area contributed by atoms with Crippen molar-refractivity contribution in [2.45, 2.75) is 20.0 Å². The maximum Gasteiger partial charge on any atom is 0.261 e. The number of nitrogens with one attached hydrogen (secondary N) is 1. The maximum absolute atomic E-state index is 10.3. The van der Waals surface area contributed by atoms with Crippen LogP contribution in [0.25, 0.3) is 0 Å². The highest BCUT2D eigenvalue weighted by molar-refractivity contribution is 7.85. The van der Waals surface area contributed by atoms with E-state index in [1.54, 1.807) is 0 Å². The summed E-state index contributed by atoms with van der Waals surface area (Å²) in [5, 5.41) is 13.3. The lowest BCUT2D eigenvalue weighted by molar-refractivity contribution is 0.177. The number of ether oxygens (including phenoxy) is 2. The van der Waals surface area contributed by atoms with E-state index in [0.717, 1.165) is 22.6 Å². The Labute approximate surface area is 189 Å². The Balaban J connectivity index is 0.000000654. The van der Waals surface area contributed by atoms with Gasteiger partial charge in [0, 0.05) is 6.54 Å². The molecule has 0 heterocycles. The molecular formula is C24H29NO6S. The Hall–Kier alpha value is -2.91. The van der Waals surface area contributed by atoms with Crippen molar-refractivity contribution < 1.29 is 27.6 Å². The minimum Gasteiger partial charge on any atom is -0.453 e. The summed E-state index contributed by atoms with van der Waals surface area (Å²) < 4.78 is 38.0. The standard InChI is InChI=1S/C23H25NO3.CH4O3S/c1-16-4-9-19(10-5-16)26-22-13-8-18(21(25)15-24-3)14-23(22)27-20-11-6-17(2)7-12-20;1-5(2,3)4/h4-14,21,24-25H,15H2,1-3H3;1H3,(H,2,3,4). The van der Waals surface area contributed by atoms with Crippen LogP contribution in [0.1, 0.15) is 22.8 Å². The third kappa shape index (κ3) is 9.07. The number of aliphatic hydroxyl groups is 1. The van der Waals surface area contributed by atoms with Crippen LogP contribution in [0.2, 0.25) is 0 Å². The normalized spacial score (nSPS) is 11.8. The molecule has 1 atom stereocenters. The molecule has 0 aliphatic rings. The fourth-order valence-electron chi connectivity index (χ4n) is 2.67. The Bertz CT molecular complexity index is 1090. The van der Waals surface area contributed by atoms with Crippen LogP contribution in [0.4, 0.5) is 0 Å². The van der Waals surface area contributed by atoms with Crippen LogP contribution in [0, 0.1) is 13.8 Å². The molecule has 0 spiro atoms. The van der Waals surface area contributed by atoms with E-state index >= 15 is 0 Å². The number of hydrogen-bond donors (Lipinski definition) is 3. The average Bonchev–Trinajstić information content (AvgIpc) is 2.71. The van der Waals surface area contributed by atoms with Crippen LogP contribution in [-0.2, 0) is 10.1 Å². The summed E-state index contributed by atoms with van der Waals surface area (Å²) in [6, 6.07) is 21.2. The van der Waals surface area contributed by atoms with Crippen molar-refractivity contribution in [1.82, 2.24) is 5.32 Å². The molecule has 0 aliphatic carbocycles. The zero-order valence-electron chi connectivity index (χ0n) is 18.6. The summed E-state index contributed by atoms with van der Waals surface area (Å²) >= 11 is 0. The first-order valence-corrected chi connectivity index (χ1v) is 11.8. The molecule has 3 aromatic rings. The van der Waals surface area contributed by atoms with Gasteiger partial charge in [-0.2, -0.15) is 8.42 Å². The first-order chi connectivity index (χ1) is 15.0. The van der Waals surface area contributed by atoms with E-state index in [2.05, 4.69) is 5.32 Å². The first-order valence-electron chi connectivity index (χ1n) is 9.93. The van der Waals surface area contributed by atoms with Gasteiger partial charge in [-0.15, -0.1) is 0 Å². The molecule has 3 N–H and O–H groups in total. The van der Waals surface area contributed by atoms with Gasteiger partial charge in [0.15, 0.2) is 11.5 Å². The SMILES string of the molecule is CNCC(O)c1ccc(Oc2ccc(C)cc2)c(Oc2ccc(C)cc2)c1.CS(=O)(=O)O. The van der Waals surface area contributed by atoms with Gasteiger partial charge in [0.1, 0.15) is 11.5 Å². The molecular weight excluding hydrogens is 430 g/mol. The lowest BCUT2D eigenvalue weighted by atomic mass is 10.1. The van der Waals surface area contributed by atoms with Gasteiger partial charge in [-0.3, -0.25) is 4.55 Å². The molecule has 0 saturated carbocycles. The van der Waals surface area contributed by atoms with Crippen LogP contribution in [0.5, 0.6) is 23.0 Å². The van der Waals surface area contributed by atoms with E-state index in [4.69, 9.17) is 14.0 Å². The molecule has 0 saturated heterocycles. The van der Waals surface area contributed by atoms with Crippen molar-refractivity contribution in [3.8, 4) is 23.0 Å². The molecule has 7 nitrogen and oxygen atoms in total. The molecule has 0 fully saturated rings. The van der Waals surface area contributed by atoms with E-state index < -0.39 is 16.2 Å². The molecule has 172 valence electrons. The van der Waals surface area contributed by atoms with E-state index in [1.165, 1.54) is 5.56 Å². The smallest absolute Gasteiger partial charge is 0.261 e. The average molecular weight is 460 g/mol. The second kappa shape index (κ2) is 11.6. The number of rotatable bonds is 7. The van der Waals surface area contributed by atoms with Crippen LogP contribution < -0.4 is 14.8 Å². The predicted octanol–water partition coefficient (Wildman–Crippen LogP) is 4.64. The summed E-state index contributed by atoms with van der Waals surface area (Å²) in [6.45, 7) is 4.53. The lowest BCUT2D eigenvalue weighted by Gasteiger charge is -2.16. The van der Waals surface area contributed by atoms with Crippen molar-refractivity contribution in [2.75, 3.05) is 19.8 Å². The zero-order valence-corrected chi connectivity index (χ0v) is 19.4. The van der Waals surface area contributed by atoms with Crippen LogP contribution in [0.15, 0.2) is 66.7 Å². The highest BCUT2D eigenvalue weighted by atomic mass is 32.2. The molecule has 3 aromatic carbocycles. The topological polar surface area (TPSA) is 105 Å². The summed E-state index contributed by atoms with van der Waals surface area (Å²) in [6.07, 6.45) is 0.0938. The van der Waals surface area contributed by atoms with E-state index in [9.17, 15) is 13.5 Å². The van der Waals surface area contributed by atoms with Crippen molar-refractivity contribution >= 4 is 10.1 Å². The van der Waals surface area contributed by atoms with Gasteiger partial charge in [0.05, 0.1) is 12.4 Å². The van der Waals surface area contributed by atoms with E-state index in [-0.39, 0.29) is 0 Å². The molecule has 8 heteroatoms. The summed E-state index contributed by atoms with van der Waals surface area (Å²) in [5.74, 6) is 2.61. The first kappa shape index (κ1) is 25.4. The molecule has 32 heavy (non-hydrogen) atoms. The molecule has 0 aromatic heterocycles. The van der Waals surface area contributed by atoms with Crippen molar-refractivity contribution in [3.05, 3.63) is 83.4 Å². The van der Waals surface area contributed by atoms with Crippen LogP contribution in [0.3, 0.4) is 0 Å². The van der Waals surface area contributed by atoms with Crippen molar-refractivity contribution in [2.24, 2.45) is 0 Å². The Morgan fingerprint density at radius 3 is 1.72 bits per heavy atom. The monoisotopic (exact) mass is 459 g/mol. The highest BCUT2D eigenvalue weighted by Crippen LogP contribution is 2.37. The Morgan fingerprint density at radius 1 is 0.844 bits per heavy atom. The zero-order chi connectivity index (χ0) is 23.7. The summed E-state index contributed by atoms with van der Waals surface area (Å²) in [5.41, 5.74) is 3.10. The van der Waals surface area contributed by atoms with Gasteiger partial charge >= 0.3 is 0 Å². The largest absolute Gasteiger partial charge is 0.453 e. The molecule has 0 radical (unpaired) electrons. The fourth-order valence-corrected chi connectivity index (χ4v) is 2.67. The van der Waals surface area contributed by atoms with Gasteiger partial charge in [-0.25, -0.2) is 0 Å². The Morgan fingerprint density at radius 2 is 1.28 bits per heavy atom. The highest BCUT2D eigenvalue weighted by Gasteiger charge is 2.14. The van der Waals surface area contributed by atoms with Gasteiger partial charge in [-0.05, 0) is 62.9 Å². The van der Waals surface area contributed by atoms with Gasteiger partial charge in [0.25, 0.3) is 10.1 Å². The molecule has 0 aliphatic heterocycles. The minimum atomic E-state index is -3.67. The quantitative estimate of drug-likeness (QED) is 0.442. The van der Waals surface area contributed by atoms with Crippen LogP contribution in [-0.4, -0.2) is 37.9 Å². The molecule has 0 bridgehead atoms. The number of likely N-dealkylation sites (N-methyl/N-ethyl adjacent to an activating group) is 1. The molecule has 1 unspecified atom stereocenters. The number of aliphatic hydroxyl groups excluding tert-OH is 1. The third-order valence-corrected chi connectivity index (χ3v) is 4.25. The van der Waals surface area contributed by atoms with E-state index in [0.29, 0.717) is 24.3 Å². The van der Waals surface area contributed by atoms with Crippen molar-refractivity contribution in [3.63, 3.8) is 0 Å². The second-order valence-corrected chi connectivity index (χ2v) is 8.81. The van der Waals surface area contributed by atoms with Gasteiger partial charge < -0.3 is 19.9 Å². The van der Waals surface area contributed by atoms with E-state index in [1.807, 2.05) is 87.6 Å². The third-order valence-electron chi connectivity index (χ3n) is 4.25. The second-order valence-electron chi connectivity index (χ2n) is 7.34.